The van der Waals surface area contributed by atoms with Gasteiger partial charge in [0.1, 0.15) is 0 Å². The van der Waals surface area contributed by atoms with Crippen molar-refractivity contribution in [3.05, 3.63) is 0 Å². The third kappa shape index (κ3) is 3.73. The number of nitrogens with one attached hydrogen (secondary N) is 1. The van der Waals surface area contributed by atoms with Crippen LogP contribution in [0.3, 0.4) is 0 Å². The Morgan fingerprint density at radius 3 is 2.62 bits per heavy atom. The molecule has 16 heavy (non-hydrogen) atoms. The van der Waals surface area contributed by atoms with Gasteiger partial charge < -0.3 is 20.2 Å². The monoisotopic (exact) mass is 229 g/mol. The van der Waals surface area contributed by atoms with E-state index in [1.165, 1.54) is 0 Å². The molecule has 0 spiro atoms. The van der Waals surface area contributed by atoms with Gasteiger partial charge in [-0.3, -0.25) is 4.79 Å². The van der Waals surface area contributed by atoms with Crippen LogP contribution in [0.5, 0.6) is 0 Å². The maximum atomic E-state index is 11.9. The SMILES string of the molecule is CNCC(=O)N(CCO)C1CCN(C)CC1. The lowest BCUT2D eigenvalue weighted by atomic mass is 10.0. The van der Waals surface area contributed by atoms with Gasteiger partial charge in [0.05, 0.1) is 13.2 Å². The Bertz CT molecular complexity index is 215. The molecule has 94 valence electrons. The molecule has 0 unspecified atom stereocenters. The molecule has 0 aliphatic carbocycles. The Kier molecular flexibility index (Phi) is 5.73. The summed E-state index contributed by atoms with van der Waals surface area (Å²) in [5.41, 5.74) is 0. The minimum absolute atomic E-state index is 0.0434. The third-order valence-electron chi connectivity index (χ3n) is 3.12. The van der Waals surface area contributed by atoms with Gasteiger partial charge in [-0.25, -0.2) is 0 Å². The van der Waals surface area contributed by atoms with Crippen molar-refractivity contribution in [1.82, 2.24) is 15.1 Å². The van der Waals surface area contributed by atoms with Crippen LogP contribution >= 0.6 is 0 Å². The van der Waals surface area contributed by atoms with Crippen molar-refractivity contribution in [2.75, 3.05) is 46.9 Å². The van der Waals surface area contributed by atoms with E-state index in [4.69, 9.17) is 5.11 Å². The standard InChI is InChI=1S/C11H23N3O2/c1-12-9-11(16)14(7-8-15)10-3-5-13(2)6-4-10/h10,12,15H,3-9H2,1-2H3. The summed E-state index contributed by atoms with van der Waals surface area (Å²) in [5.74, 6) is 0.0890. The van der Waals surface area contributed by atoms with Crippen molar-refractivity contribution < 1.29 is 9.90 Å². The van der Waals surface area contributed by atoms with Gasteiger partial charge in [0.2, 0.25) is 5.91 Å². The summed E-state index contributed by atoms with van der Waals surface area (Å²) >= 11 is 0. The number of likely N-dealkylation sites (tertiary alicyclic amines) is 1. The molecule has 0 bridgehead atoms. The molecule has 1 aliphatic rings. The highest BCUT2D eigenvalue weighted by atomic mass is 16.3. The van der Waals surface area contributed by atoms with Crippen molar-refractivity contribution in [1.29, 1.82) is 0 Å². The van der Waals surface area contributed by atoms with E-state index in [1.54, 1.807) is 7.05 Å². The highest BCUT2D eigenvalue weighted by Gasteiger charge is 2.25. The lowest BCUT2D eigenvalue weighted by Crippen LogP contribution is -2.49. The average molecular weight is 229 g/mol. The lowest BCUT2D eigenvalue weighted by molar-refractivity contribution is -0.134. The molecule has 5 nitrogen and oxygen atoms in total. The number of hydrogen-bond donors (Lipinski definition) is 2. The Labute approximate surface area is 97.4 Å². The van der Waals surface area contributed by atoms with Crippen LogP contribution < -0.4 is 5.32 Å². The van der Waals surface area contributed by atoms with Gasteiger partial charge in [0.15, 0.2) is 0 Å². The topological polar surface area (TPSA) is 55.8 Å². The van der Waals surface area contributed by atoms with Gasteiger partial charge in [0, 0.05) is 12.6 Å². The van der Waals surface area contributed by atoms with E-state index >= 15 is 0 Å². The molecule has 0 atom stereocenters. The molecular formula is C11H23N3O2. The second-order valence-electron chi connectivity index (χ2n) is 4.38. The molecule has 1 rings (SSSR count). The van der Waals surface area contributed by atoms with E-state index in [1.807, 2.05) is 4.90 Å². The number of aliphatic hydroxyl groups is 1. The van der Waals surface area contributed by atoms with Crippen molar-refractivity contribution in [3.63, 3.8) is 0 Å². The molecule has 0 aromatic rings. The second-order valence-corrected chi connectivity index (χ2v) is 4.38. The van der Waals surface area contributed by atoms with Crippen LogP contribution in [0, 0.1) is 0 Å². The van der Waals surface area contributed by atoms with E-state index in [0.29, 0.717) is 19.1 Å². The Balaban J connectivity index is 2.51. The number of hydrogen-bond acceptors (Lipinski definition) is 4. The minimum Gasteiger partial charge on any atom is -0.395 e. The van der Waals surface area contributed by atoms with Crippen molar-refractivity contribution >= 4 is 5.91 Å². The van der Waals surface area contributed by atoms with Crippen molar-refractivity contribution in [3.8, 4) is 0 Å². The predicted octanol–water partition coefficient (Wildman–Crippen LogP) is -0.879. The molecule has 1 amide bonds. The van der Waals surface area contributed by atoms with E-state index in [0.717, 1.165) is 25.9 Å². The van der Waals surface area contributed by atoms with Crippen LogP contribution in [-0.4, -0.2) is 73.7 Å². The van der Waals surface area contributed by atoms with Gasteiger partial charge in [-0.1, -0.05) is 0 Å². The summed E-state index contributed by atoms with van der Waals surface area (Å²) < 4.78 is 0. The first-order valence-electron chi connectivity index (χ1n) is 5.92. The molecule has 0 aromatic carbocycles. The van der Waals surface area contributed by atoms with Crippen LogP contribution in [0.2, 0.25) is 0 Å². The summed E-state index contributed by atoms with van der Waals surface area (Å²) in [6, 6.07) is 0.296. The lowest BCUT2D eigenvalue weighted by Gasteiger charge is -2.37. The van der Waals surface area contributed by atoms with Gasteiger partial charge in [-0.2, -0.15) is 0 Å². The fourth-order valence-electron chi connectivity index (χ4n) is 2.18. The van der Waals surface area contributed by atoms with Crippen LogP contribution in [-0.2, 0) is 4.79 Å². The smallest absolute Gasteiger partial charge is 0.236 e. The number of carbonyl (C=O) groups is 1. The Morgan fingerprint density at radius 1 is 1.50 bits per heavy atom. The second kappa shape index (κ2) is 6.83. The zero-order valence-electron chi connectivity index (χ0n) is 10.3. The molecule has 2 N–H and O–H groups in total. The van der Waals surface area contributed by atoms with Crippen molar-refractivity contribution in [2.24, 2.45) is 0 Å². The van der Waals surface area contributed by atoms with E-state index in [2.05, 4.69) is 17.3 Å². The fourth-order valence-corrected chi connectivity index (χ4v) is 2.18. The van der Waals surface area contributed by atoms with Crippen LogP contribution in [0.25, 0.3) is 0 Å². The molecule has 0 saturated carbocycles. The van der Waals surface area contributed by atoms with Gasteiger partial charge in [-0.05, 0) is 40.0 Å². The van der Waals surface area contributed by atoms with Gasteiger partial charge in [-0.15, -0.1) is 0 Å². The maximum absolute atomic E-state index is 11.9. The van der Waals surface area contributed by atoms with Crippen LogP contribution in [0.1, 0.15) is 12.8 Å². The molecule has 1 heterocycles. The zero-order valence-corrected chi connectivity index (χ0v) is 10.3. The quantitative estimate of drug-likeness (QED) is 0.643. The predicted molar refractivity (Wildman–Crippen MR) is 63.2 cm³/mol. The molecule has 5 heteroatoms. The largest absolute Gasteiger partial charge is 0.395 e. The number of piperidine rings is 1. The first-order chi connectivity index (χ1) is 7.69. The molecule has 1 fully saturated rings. The molecule has 1 saturated heterocycles. The summed E-state index contributed by atoms with van der Waals surface area (Å²) in [4.78, 5) is 15.9. The minimum atomic E-state index is 0.0434. The number of nitrogens with zero attached hydrogens (tertiary/aromatic N) is 2. The Morgan fingerprint density at radius 2 is 2.12 bits per heavy atom. The number of aliphatic hydroxyl groups excluding tert-OH is 1. The van der Waals surface area contributed by atoms with Gasteiger partial charge in [0.25, 0.3) is 0 Å². The number of carbonyl (C=O) groups excluding carboxylic acids is 1. The molecule has 0 aromatic heterocycles. The first kappa shape index (κ1) is 13.4. The summed E-state index contributed by atoms with van der Waals surface area (Å²) in [6.07, 6.45) is 2.01. The maximum Gasteiger partial charge on any atom is 0.236 e. The van der Waals surface area contributed by atoms with E-state index in [9.17, 15) is 4.79 Å². The summed E-state index contributed by atoms with van der Waals surface area (Å²) in [6.45, 7) is 2.90. The highest BCUT2D eigenvalue weighted by Crippen LogP contribution is 2.15. The average Bonchev–Trinajstić information content (AvgIpc) is 2.28. The van der Waals surface area contributed by atoms with Gasteiger partial charge >= 0.3 is 0 Å². The third-order valence-corrected chi connectivity index (χ3v) is 3.12. The Hall–Kier alpha value is -0.650. The normalized spacial score (nSPS) is 18.7. The zero-order chi connectivity index (χ0) is 12.0. The highest BCUT2D eigenvalue weighted by molar-refractivity contribution is 5.78. The van der Waals surface area contributed by atoms with Crippen LogP contribution in [0.4, 0.5) is 0 Å². The number of amides is 1. The number of rotatable bonds is 5. The van der Waals surface area contributed by atoms with Crippen LogP contribution in [0.15, 0.2) is 0 Å². The molecular weight excluding hydrogens is 206 g/mol. The number of likely N-dealkylation sites (N-methyl/N-ethyl adjacent to an activating group) is 1. The molecule has 0 radical (unpaired) electrons. The van der Waals surface area contributed by atoms with E-state index < -0.39 is 0 Å². The van der Waals surface area contributed by atoms with E-state index in [-0.39, 0.29) is 12.5 Å². The summed E-state index contributed by atoms with van der Waals surface area (Å²) in [5, 5.41) is 11.9. The first-order valence-corrected chi connectivity index (χ1v) is 5.92. The summed E-state index contributed by atoms with van der Waals surface area (Å²) in [7, 11) is 3.87. The molecule has 1 aliphatic heterocycles. The van der Waals surface area contributed by atoms with Crippen molar-refractivity contribution in [2.45, 2.75) is 18.9 Å². The fraction of sp³-hybridized carbons (Fsp3) is 0.909.